The number of halogens is 2. The molecule has 0 aliphatic carbocycles. The maximum atomic E-state index is 15.1. The first-order valence-electron chi connectivity index (χ1n) is 9.48. The van der Waals surface area contributed by atoms with Gasteiger partial charge in [0.25, 0.3) is 0 Å². The number of aromatic nitrogens is 4. The number of furan rings is 1. The zero-order chi connectivity index (χ0) is 21.4. The Morgan fingerprint density at radius 2 is 1.90 bits per heavy atom. The van der Waals surface area contributed by atoms with Gasteiger partial charge in [-0.3, -0.25) is 0 Å². The Morgan fingerprint density at radius 1 is 1.06 bits per heavy atom. The minimum Gasteiger partial charge on any atom is -0.492 e. The van der Waals surface area contributed by atoms with E-state index in [-0.39, 0.29) is 22.2 Å². The van der Waals surface area contributed by atoms with Crippen LogP contribution in [0.15, 0.2) is 71.6 Å². The lowest BCUT2D eigenvalue weighted by Crippen LogP contribution is -2.03. The largest absolute Gasteiger partial charge is 0.492 e. The van der Waals surface area contributed by atoms with E-state index in [9.17, 15) is 0 Å². The van der Waals surface area contributed by atoms with E-state index in [1.165, 1.54) is 13.2 Å². The molecule has 3 aromatic heterocycles. The molecule has 3 heterocycles. The first-order valence-corrected chi connectivity index (χ1v) is 9.86. The Bertz CT molecular complexity index is 1370. The standard InChI is InChI=1S/C23H16ClFN4O2/c1-30-21-16(24)10-9-15(18(21)25)22-27-19(17-8-5-11-31-17)20-23(28-22)29(13-26-20)12-14-6-3-2-4-7-14/h2-11,13H,12H2,1H3. The van der Waals surface area contributed by atoms with Gasteiger partial charge in [-0.15, -0.1) is 0 Å². The molecule has 2 aromatic carbocycles. The van der Waals surface area contributed by atoms with Crippen molar-refractivity contribution >= 4 is 22.8 Å². The summed E-state index contributed by atoms with van der Waals surface area (Å²) in [5, 5.41) is 0.171. The molecule has 0 N–H and O–H groups in total. The van der Waals surface area contributed by atoms with E-state index < -0.39 is 5.82 Å². The molecule has 0 fully saturated rings. The Hall–Kier alpha value is -3.71. The zero-order valence-corrected chi connectivity index (χ0v) is 17.2. The second-order valence-electron chi connectivity index (χ2n) is 6.85. The Morgan fingerprint density at radius 3 is 2.65 bits per heavy atom. The zero-order valence-electron chi connectivity index (χ0n) is 16.4. The third-order valence-corrected chi connectivity index (χ3v) is 5.21. The second kappa shape index (κ2) is 7.85. The second-order valence-corrected chi connectivity index (χ2v) is 7.25. The summed E-state index contributed by atoms with van der Waals surface area (Å²) in [7, 11) is 1.36. The van der Waals surface area contributed by atoms with E-state index in [2.05, 4.69) is 15.0 Å². The number of hydrogen-bond acceptors (Lipinski definition) is 5. The summed E-state index contributed by atoms with van der Waals surface area (Å²) in [4.78, 5) is 13.7. The van der Waals surface area contributed by atoms with Crippen LogP contribution in [0.2, 0.25) is 5.02 Å². The lowest BCUT2D eigenvalue weighted by Gasteiger charge is -2.10. The third kappa shape index (κ3) is 3.43. The molecular weight excluding hydrogens is 419 g/mol. The minimum atomic E-state index is -0.631. The van der Waals surface area contributed by atoms with E-state index >= 15 is 4.39 Å². The van der Waals surface area contributed by atoms with Gasteiger partial charge < -0.3 is 13.7 Å². The minimum absolute atomic E-state index is 0.0554. The van der Waals surface area contributed by atoms with Crippen molar-refractivity contribution in [3.05, 3.63) is 83.6 Å². The van der Waals surface area contributed by atoms with Crippen LogP contribution in [-0.4, -0.2) is 26.6 Å². The number of methoxy groups -OCH3 is 1. The monoisotopic (exact) mass is 434 g/mol. The highest BCUT2D eigenvalue weighted by atomic mass is 35.5. The van der Waals surface area contributed by atoms with Gasteiger partial charge in [0, 0.05) is 0 Å². The van der Waals surface area contributed by atoms with Crippen molar-refractivity contribution in [1.82, 2.24) is 19.5 Å². The number of rotatable bonds is 5. The van der Waals surface area contributed by atoms with Crippen LogP contribution < -0.4 is 4.74 Å². The molecule has 0 spiro atoms. The topological polar surface area (TPSA) is 66.0 Å². The molecule has 0 aliphatic rings. The molecule has 0 unspecified atom stereocenters. The van der Waals surface area contributed by atoms with Gasteiger partial charge in [0.05, 0.1) is 36.8 Å². The smallest absolute Gasteiger partial charge is 0.177 e. The van der Waals surface area contributed by atoms with Gasteiger partial charge in [0.1, 0.15) is 11.2 Å². The SMILES string of the molecule is COc1c(Cl)ccc(-c2nc(-c3ccco3)c3ncn(Cc4ccccc4)c3n2)c1F. The highest BCUT2D eigenvalue weighted by Crippen LogP contribution is 2.35. The van der Waals surface area contributed by atoms with E-state index in [1.807, 2.05) is 34.9 Å². The number of ether oxygens (including phenoxy) is 1. The number of nitrogens with zero attached hydrogens (tertiary/aromatic N) is 4. The van der Waals surface area contributed by atoms with Gasteiger partial charge >= 0.3 is 0 Å². The Labute approximate surface area is 181 Å². The van der Waals surface area contributed by atoms with Crippen LogP contribution in [0.3, 0.4) is 0 Å². The van der Waals surface area contributed by atoms with E-state index in [0.717, 1.165) is 5.56 Å². The fraction of sp³-hybridized carbons (Fsp3) is 0.0870. The molecule has 0 amide bonds. The van der Waals surface area contributed by atoms with Crippen LogP contribution in [0.25, 0.3) is 34.0 Å². The van der Waals surface area contributed by atoms with Gasteiger partial charge in [-0.1, -0.05) is 41.9 Å². The Balaban J connectivity index is 1.74. The molecule has 0 saturated carbocycles. The maximum absolute atomic E-state index is 15.1. The highest BCUT2D eigenvalue weighted by molar-refractivity contribution is 6.32. The molecule has 5 aromatic rings. The van der Waals surface area contributed by atoms with Crippen LogP contribution in [-0.2, 0) is 6.54 Å². The average Bonchev–Trinajstić information content (AvgIpc) is 3.45. The molecule has 154 valence electrons. The van der Waals surface area contributed by atoms with Crippen molar-refractivity contribution in [3.8, 4) is 28.6 Å². The van der Waals surface area contributed by atoms with Crippen molar-refractivity contribution in [2.75, 3.05) is 7.11 Å². The Kier molecular flexibility index (Phi) is 4.88. The van der Waals surface area contributed by atoms with Crippen LogP contribution in [0.1, 0.15) is 5.56 Å². The summed E-state index contributed by atoms with van der Waals surface area (Å²) >= 11 is 6.06. The lowest BCUT2D eigenvalue weighted by molar-refractivity contribution is 0.387. The highest BCUT2D eigenvalue weighted by Gasteiger charge is 2.21. The van der Waals surface area contributed by atoms with Gasteiger partial charge in [-0.25, -0.2) is 19.3 Å². The van der Waals surface area contributed by atoms with Gasteiger partial charge in [0.2, 0.25) is 0 Å². The predicted molar refractivity (Wildman–Crippen MR) is 116 cm³/mol. The fourth-order valence-corrected chi connectivity index (χ4v) is 3.66. The summed E-state index contributed by atoms with van der Waals surface area (Å²) in [6.45, 7) is 0.553. The quantitative estimate of drug-likeness (QED) is 0.360. The summed E-state index contributed by atoms with van der Waals surface area (Å²) in [6, 6.07) is 16.6. The van der Waals surface area contributed by atoms with E-state index in [0.29, 0.717) is 29.2 Å². The van der Waals surface area contributed by atoms with Crippen LogP contribution in [0, 0.1) is 5.82 Å². The summed E-state index contributed by atoms with van der Waals surface area (Å²) in [5.74, 6) is 0.00945. The fourth-order valence-electron chi connectivity index (χ4n) is 3.44. The van der Waals surface area contributed by atoms with Crippen LogP contribution in [0.4, 0.5) is 4.39 Å². The molecule has 5 rings (SSSR count). The molecule has 0 aliphatic heterocycles. The van der Waals surface area contributed by atoms with Crippen molar-refractivity contribution in [2.45, 2.75) is 6.54 Å². The molecule has 0 radical (unpaired) electrons. The predicted octanol–water partition coefficient (Wildman–Crippen LogP) is 5.60. The van der Waals surface area contributed by atoms with Crippen molar-refractivity contribution in [3.63, 3.8) is 0 Å². The maximum Gasteiger partial charge on any atom is 0.177 e. The number of benzene rings is 2. The molecule has 31 heavy (non-hydrogen) atoms. The summed E-state index contributed by atoms with van der Waals surface area (Å²) in [6.07, 6.45) is 3.25. The summed E-state index contributed by atoms with van der Waals surface area (Å²) in [5.41, 5.74) is 2.86. The van der Waals surface area contributed by atoms with Crippen LogP contribution >= 0.6 is 11.6 Å². The molecule has 6 nitrogen and oxygen atoms in total. The van der Waals surface area contributed by atoms with Crippen molar-refractivity contribution in [2.24, 2.45) is 0 Å². The molecular formula is C23H16ClFN4O2. The van der Waals surface area contributed by atoms with Gasteiger partial charge in [-0.2, -0.15) is 0 Å². The van der Waals surface area contributed by atoms with E-state index in [4.69, 9.17) is 20.8 Å². The summed E-state index contributed by atoms with van der Waals surface area (Å²) < 4.78 is 27.7. The normalized spacial score (nSPS) is 11.2. The first-order chi connectivity index (χ1) is 15.2. The molecule has 0 bridgehead atoms. The molecule has 8 heteroatoms. The van der Waals surface area contributed by atoms with Gasteiger partial charge in [-0.05, 0) is 29.8 Å². The third-order valence-electron chi connectivity index (χ3n) is 4.91. The van der Waals surface area contributed by atoms with Crippen molar-refractivity contribution in [1.29, 1.82) is 0 Å². The first kappa shape index (κ1) is 19.3. The average molecular weight is 435 g/mol. The number of hydrogen-bond donors (Lipinski definition) is 0. The van der Waals surface area contributed by atoms with Crippen molar-refractivity contribution < 1.29 is 13.5 Å². The molecule has 0 atom stereocenters. The molecule has 0 saturated heterocycles. The van der Waals surface area contributed by atoms with E-state index in [1.54, 1.807) is 30.8 Å². The number of fused-ring (bicyclic) bond motifs is 1. The van der Waals surface area contributed by atoms with Gasteiger partial charge in [0.15, 0.2) is 28.8 Å². The van der Waals surface area contributed by atoms with Crippen LogP contribution in [0.5, 0.6) is 5.75 Å². The number of imidazole rings is 1. The lowest BCUT2D eigenvalue weighted by atomic mass is 10.1.